The molecule has 1 aliphatic carbocycles. The fourth-order valence-corrected chi connectivity index (χ4v) is 2.39. The highest BCUT2D eigenvalue weighted by atomic mass is 19.2. The van der Waals surface area contributed by atoms with E-state index in [1.807, 2.05) is 0 Å². The average Bonchev–Trinajstić information content (AvgIpc) is 3.10. The molecule has 0 aromatic heterocycles. The van der Waals surface area contributed by atoms with Crippen molar-refractivity contribution < 1.29 is 13.5 Å². The Morgan fingerprint density at radius 1 is 1.29 bits per heavy atom. The van der Waals surface area contributed by atoms with E-state index in [2.05, 4.69) is 5.32 Å². The Bertz CT molecular complexity index is 457. The molecule has 0 bridgehead atoms. The van der Waals surface area contributed by atoms with Crippen LogP contribution in [0.1, 0.15) is 36.4 Å². The summed E-state index contributed by atoms with van der Waals surface area (Å²) in [6.07, 6.45) is 2.95. The molecule has 1 saturated carbocycles. The Hall–Kier alpha value is -1.16. The number of halogens is 2. The summed E-state index contributed by atoms with van der Waals surface area (Å²) < 4.78 is 32.8. The Labute approximate surface area is 99.0 Å². The van der Waals surface area contributed by atoms with Crippen LogP contribution < -0.4 is 10.1 Å². The number of hydrogen-bond acceptors (Lipinski definition) is 2. The normalized spacial score (nSPS) is 23.1. The molecule has 2 nitrogen and oxygen atoms in total. The molecule has 0 spiro atoms. The monoisotopic (exact) mass is 239 g/mol. The summed E-state index contributed by atoms with van der Waals surface area (Å²) in [5, 5.41) is 3.36. The minimum Gasteiger partial charge on any atom is -0.493 e. The van der Waals surface area contributed by atoms with Crippen LogP contribution in [0.25, 0.3) is 0 Å². The van der Waals surface area contributed by atoms with E-state index in [4.69, 9.17) is 4.74 Å². The van der Waals surface area contributed by atoms with Crippen LogP contribution in [0.4, 0.5) is 8.78 Å². The Morgan fingerprint density at radius 2 is 2.06 bits per heavy atom. The summed E-state index contributed by atoms with van der Waals surface area (Å²) in [7, 11) is 0. The maximum Gasteiger partial charge on any atom is 0.167 e. The molecule has 1 unspecified atom stereocenters. The molecule has 1 heterocycles. The number of hydrogen-bond donors (Lipinski definition) is 1. The number of aryl methyl sites for hydroxylation is 1. The fourth-order valence-electron chi connectivity index (χ4n) is 2.39. The van der Waals surface area contributed by atoms with Crippen molar-refractivity contribution in [1.29, 1.82) is 0 Å². The minimum atomic E-state index is -0.783. The SMILES string of the molecule is Cc1cc(F)c(F)c2c1OCCC2NC1CC1. The molecule has 1 atom stereocenters. The lowest BCUT2D eigenvalue weighted by Crippen LogP contribution is -2.30. The average molecular weight is 239 g/mol. The van der Waals surface area contributed by atoms with Crippen LogP contribution in [0.5, 0.6) is 5.75 Å². The van der Waals surface area contributed by atoms with Crippen LogP contribution in [0, 0.1) is 18.6 Å². The van der Waals surface area contributed by atoms with Crippen molar-refractivity contribution in [3.8, 4) is 5.75 Å². The van der Waals surface area contributed by atoms with Crippen molar-refractivity contribution >= 4 is 0 Å². The van der Waals surface area contributed by atoms with Crippen LogP contribution in [0.3, 0.4) is 0 Å². The molecule has 1 N–H and O–H groups in total. The van der Waals surface area contributed by atoms with E-state index in [1.54, 1.807) is 6.92 Å². The van der Waals surface area contributed by atoms with Crippen molar-refractivity contribution in [3.63, 3.8) is 0 Å². The largest absolute Gasteiger partial charge is 0.493 e. The summed E-state index contributed by atoms with van der Waals surface area (Å²) in [6.45, 7) is 2.31. The van der Waals surface area contributed by atoms with Gasteiger partial charge >= 0.3 is 0 Å². The number of benzene rings is 1. The Kier molecular flexibility index (Phi) is 2.54. The topological polar surface area (TPSA) is 21.3 Å². The van der Waals surface area contributed by atoms with Gasteiger partial charge in [-0.2, -0.15) is 0 Å². The number of fused-ring (bicyclic) bond motifs is 1. The van der Waals surface area contributed by atoms with Gasteiger partial charge < -0.3 is 10.1 Å². The third-order valence-corrected chi connectivity index (χ3v) is 3.41. The molecule has 0 amide bonds. The molecule has 3 rings (SSSR count). The Morgan fingerprint density at radius 3 is 2.76 bits per heavy atom. The first-order chi connectivity index (χ1) is 8.16. The van der Waals surface area contributed by atoms with Gasteiger partial charge in [-0.15, -0.1) is 0 Å². The van der Waals surface area contributed by atoms with Gasteiger partial charge in [0, 0.05) is 18.5 Å². The smallest absolute Gasteiger partial charge is 0.167 e. The van der Waals surface area contributed by atoms with Gasteiger partial charge in [0.25, 0.3) is 0 Å². The lowest BCUT2D eigenvalue weighted by molar-refractivity contribution is 0.242. The van der Waals surface area contributed by atoms with Crippen molar-refractivity contribution in [1.82, 2.24) is 5.32 Å². The minimum absolute atomic E-state index is 0.111. The van der Waals surface area contributed by atoms with Crippen molar-refractivity contribution in [2.75, 3.05) is 6.61 Å². The molecular formula is C13H15F2NO. The maximum absolute atomic E-state index is 13.9. The summed E-state index contributed by atoms with van der Waals surface area (Å²) in [4.78, 5) is 0. The second-order valence-electron chi connectivity index (χ2n) is 4.86. The van der Waals surface area contributed by atoms with E-state index in [0.717, 1.165) is 12.8 Å². The highest BCUT2D eigenvalue weighted by Gasteiger charge is 2.32. The zero-order valence-corrected chi connectivity index (χ0v) is 9.72. The molecule has 1 aromatic carbocycles. The van der Waals surface area contributed by atoms with E-state index < -0.39 is 11.6 Å². The second-order valence-corrected chi connectivity index (χ2v) is 4.86. The van der Waals surface area contributed by atoms with Crippen LogP contribution in [-0.2, 0) is 0 Å². The van der Waals surface area contributed by atoms with E-state index in [-0.39, 0.29) is 6.04 Å². The number of rotatable bonds is 2. The van der Waals surface area contributed by atoms with E-state index in [0.29, 0.717) is 35.9 Å². The van der Waals surface area contributed by atoms with Gasteiger partial charge in [0.1, 0.15) is 5.75 Å². The van der Waals surface area contributed by atoms with Crippen molar-refractivity contribution in [2.45, 2.75) is 38.3 Å². The van der Waals surface area contributed by atoms with Crippen LogP contribution in [0.15, 0.2) is 6.07 Å². The van der Waals surface area contributed by atoms with Crippen LogP contribution >= 0.6 is 0 Å². The zero-order valence-electron chi connectivity index (χ0n) is 9.72. The Balaban J connectivity index is 2.03. The number of ether oxygens (including phenoxy) is 1. The molecule has 4 heteroatoms. The third-order valence-electron chi connectivity index (χ3n) is 3.41. The lowest BCUT2D eigenvalue weighted by atomic mass is 9.97. The van der Waals surface area contributed by atoms with Gasteiger partial charge in [-0.3, -0.25) is 0 Å². The molecule has 0 saturated heterocycles. The van der Waals surface area contributed by atoms with E-state index >= 15 is 0 Å². The predicted molar refractivity (Wildman–Crippen MR) is 60.1 cm³/mol. The molecule has 1 fully saturated rings. The maximum atomic E-state index is 13.9. The van der Waals surface area contributed by atoms with Crippen LogP contribution in [0.2, 0.25) is 0 Å². The molecule has 17 heavy (non-hydrogen) atoms. The van der Waals surface area contributed by atoms with Gasteiger partial charge in [0.15, 0.2) is 11.6 Å². The highest BCUT2D eigenvalue weighted by molar-refractivity contribution is 5.45. The predicted octanol–water partition coefficient (Wildman–Crippen LogP) is 2.85. The first kappa shape index (κ1) is 11.0. The highest BCUT2D eigenvalue weighted by Crippen LogP contribution is 2.39. The van der Waals surface area contributed by atoms with Gasteiger partial charge in [-0.25, -0.2) is 8.78 Å². The van der Waals surface area contributed by atoms with Gasteiger partial charge in [0.05, 0.1) is 12.2 Å². The van der Waals surface area contributed by atoms with Gasteiger partial charge in [0.2, 0.25) is 0 Å². The van der Waals surface area contributed by atoms with Crippen LogP contribution in [-0.4, -0.2) is 12.6 Å². The van der Waals surface area contributed by atoms with Gasteiger partial charge in [-0.05, 0) is 31.4 Å². The summed E-state index contributed by atoms with van der Waals surface area (Å²) in [5.41, 5.74) is 1.04. The molecule has 2 aliphatic rings. The van der Waals surface area contributed by atoms with E-state index in [9.17, 15) is 8.78 Å². The molecule has 92 valence electrons. The molecule has 0 radical (unpaired) electrons. The first-order valence-electron chi connectivity index (χ1n) is 6.04. The third kappa shape index (κ3) is 1.90. The van der Waals surface area contributed by atoms with Crippen molar-refractivity contribution in [3.05, 3.63) is 28.8 Å². The molecule has 1 aliphatic heterocycles. The number of nitrogens with one attached hydrogen (secondary N) is 1. The van der Waals surface area contributed by atoms with E-state index in [1.165, 1.54) is 6.07 Å². The zero-order chi connectivity index (χ0) is 12.0. The van der Waals surface area contributed by atoms with Gasteiger partial charge in [-0.1, -0.05) is 0 Å². The summed E-state index contributed by atoms with van der Waals surface area (Å²) >= 11 is 0. The summed E-state index contributed by atoms with van der Waals surface area (Å²) in [5.74, 6) is -1.02. The first-order valence-corrected chi connectivity index (χ1v) is 6.04. The lowest BCUT2D eigenvalue weighted by Gasteiger charge is -2.28. The van der Waals surface area contributed by atoms with Crippen molar-refractivity contribution in [2.24, 2.45) is 0 Å². The summed E-state index contributed by atoms with van der Waals surface area (Å²) in [6, 6.07) is 1.56. The molecule has 1 aromatic rings. The quantitative estimate of drug-likeness (QED) is 0.856. The standard InChI is InChI=1S/C13H15F2NO/c1-7-6-9(14)12(15)11-10(16-8-2-3-8)4-5-17-13(7)11/h6,8,10,16H,2-5H2,1H3. The molecular weight excluding hydrogens is 224 g/mol. The second kappa shape index (κ2) is 3.95. The fraction of sp³-hybridized carbons (Fsp3) is 0.538.